The molecule has 1 aliphatic rings. The molecule has 0 saturated heterocycles. The smallest absolute Gasteiger partial charge is 0.234 e. The summed E-state index contributed by atoms with van der Waals surface area (Å²) in [6.07, 6.45) is 1.95. The summed E-state index contributed by atoms with van der Waals surface area (Å²) in [5.74, 6) is -0.343. The number of hydrogen-bond acceptors (Lipinski definition) is 7. The lowest BCUT2D eigenvalue weighted by Crippen LogP contribution is -2.16. The van der Waals surface area contributed by atoms with E-state index in [2.05, 4.69) is 20.3 Å². The fraction of sp³-hybridized carbons (Fsp3) is 0.154. The van der Waals surface area contributed by atoms with Crippen LogP contribution in [0.3, 0.4) is 0 Å². The van der Waals surface area contributed by atoms with Crippen molar-refractivity contribution in [3.05, 3.63) is 88.7 Å². The van der Waals surface area contributed by atoms with Crippen molar-refractivity contribution in [3.63, 3.8) is 0 Å². The number of nitrogens with zero attached hydrogens (tertiary/aromatic N) is 3. The van der Waals surface area contributed by atoms with Gasteiger partial charge in [0.25, 0.3) is 0 Å². The number of pyridine rings is 1. The van der Waals surface area contributed by atoms with E-state index in [1.165, 1.54) is 30.3 Å². The molecular weight excluding hydrogens is 486 g/mol. The molecule has 2 aromatic carbocycles. The lowest BCUT2D eigenvalue weighted by molar-refractivity contribution is -0.113. The molecule has 0 bridgehead atoms. The third kappa shape index (κ3) is 4.77. The molecule has 10 heteroatoms. The molecule has 0 unspecified atom stereocenters. The first-order valence-electron chi connectivity index (χ1n) is 11.0. The van der Waals surface area contributed by atoms with Gasteiger partial charge in [-0.1, -0.05) is 23.9 Å². The van der Waals surface area contributed by atoms with Gasteiger partial charge in [0.15, 0.2) is 11.6 Å². The molecule has 182 valence electrons. The Balaban J connectivity index is 1.50. The number of benzene rings is 2. The molecule has 0 radical (unpaired) electrons. The van der Waals surface area contributed by atoms with E-state index in [0.717, 1.165) is 17.3 Å². The number of aromatic nitrogens is 3. The van der Waals surface area contributed by atoms with Gasteiger partial charge in [-0.2, -0.15) is 4.98 Å². The highest BCUT2D eigenvalue weighted by molar-refractivity contribution is 8.00. The van der Waals surface area contributed by atoms with E-state index in [4.69, 9.17) is 4.74 Å². The van der Waals surface area contributed by atoms with Gasteiger partial charge in [0.2, 0.25) is 11.8 Å². The van der Waals surface area contributed by atoms with Crippen molar-refractivity contribution in [1.82, 2.24) is 15.0 Å². The number of fused-ring (bicyclic) bond motifs is 2. The van der Waals surface area contributed by atoms with Crippen LogP contribution in [0.25, 0.3) is 11.4 Å². The highest BCUT2D eigenvalue weighted by atomic mass is 32.2. The first-order valence-corrected chi connectivity index (χ1v) is 12.0. The van der Waals surface area contributed by atoms with Gasteiger partial charge in [0.05, 0.1) is 29.2 Å². The second-order valence-electron chi connectivity index (χ2n) is 8.07. The van der Waals surface area contributed by atoms with Crippen LogP contribution < -0.4 is 10.1 Å². The zero-order chi connectivity index (χ0) is 25.2. The molecule has 36 heavy (non-hydrogen) atoms. The number of aliphatic hydroxyl groups is 1. The van der Waals surface area contributed by atoms with Gasteiger partial charge in [-0.15, -0.1) is 0 Å². The summed E-state index contributed by atoms with van der Waals surface area (Å²) < 4.78 is 33.8. The molecule has 0 spiro atoms. The quantitative estimate of drug-likeness (QED) is 0.246. The molecule has 0 atom stereocenters. The Labute approximate surface area is 209 Å². The highest BCUT2D eigenvalue weighted by Gasteiger charge is 2.28. The van der Waals surface area contributed by atoms with Crippen molar-refractivity contribution in [2.45, 2.75) is 25.0 Å². The average molecular weight is 507 g/mol. The van der Waals surface area contributed by atoms with Gasteiger partial charge in [0, 0.05) is 29.4 Å². The Hall–Kier alpha value is -3.89. The second kappa shape index (κ2) is 10.00. The van der Waals surface area contributed by atoms with Crippen LogP contribution in [0, 0.1) is 18.6 Å². The second-order valence-corrected chi connectivity index (χ2v) is 9.04. The highest BCUT2D eigenvalue weighted by Crippen LogP contribution is 2.42. The maximum Gasteiger partial charge on any atom is 0.234 e. The summed E-state index contributed by atoms with van der Waals surface area (Å²) >= 11 is 1.15. The number of nitrogens with one attached hydrogen (secondary N) is 1. The summed E-state index contributed by atoms with van der Waals surface area (Å²) in [4.78, 5) is 26.0. The number of halogens is 2. The third-order valence-corrected chi connectivity index (χ3v) is 6.66. The Kier molecular flexibility index (Phi) is 6.62. The lowest BCUT2D eigenvalue weighted by Gasteiger charge is -2.24. The molecule has 2 aromatic heterocycles. The summed E-state index contributed by atoms with van der Waals surface area (Å²) in [6, 6.07) is 11.6. The Morgan fingerprint density at radius 2 is 1.89 bits per heavy atom. The number of hydrogen-bond donors (Lipinski definition) is 2. The van der Waals surface area contributed by atoms with E-state index < -0.39 is 11.6 Å². The van der Waals surface area contributed by atoms with Crippen LogP contribution >= 0.6 is 11.8 Å². The fourth-order valence-corrected chi connectivity index (χ4v) is 4.67. The van der Waals surface area contributed by atoms with Crippen LogP contribution in [0.15, 0.2) is 59.8 Å². The molecular formula is C26H20F2N4O3S. The summed E-state index contributed by atoms with van der Waals surface area (Å²) in [7, 11) is 0. The minimum absolute atomic E-state index is 0.00731. The summed E-state index contributed by atoms with van der Waals surface area (Å²) in [5.41, 5.74) is 3.30. The van der Waals surface area contributed by atoms with Crippen LogP contribution in [-0.4, -0.2) is 31.7 Å². The van der Waals surface area contributed by atoms with Crippen molar-refractivity contribution in [3.8, 4) is 23.0 Å². The number of carbonyl (C=O) groups excluding carboxylic acids is 1. The third-order valence-electron chi connectivity index (χ3n) is 5.64. The van der Waals surface area contributed by atoms with Crippen LogP contribution in [0.2, 0.25) is 0 Å². The number of amides is 1. The minimum Gasteiger partial charge on any atom is -0.436 e. The maximum atomic E-state index is 14.6. The van der Waals surface area contributed by atoms with Crippen LogP contribution in [-0.2, 0) is 17.8 Å². The average Bonchev–Trinajstić information content (AvgIpc) is 2.88. The standard InChI is InChI=1S/C26H20F2N4O3S/c1-14-23-19(15(12-33)11-29-14)10-20-25(35-23)31-24(18-4-2-3-5-21(18)28)32-26(20)36-13-22(34)30-17-8-6-16(27)7-9-17/h2-9,11,33H,10,12-13H2,1H3,(H,30,34). The monoisotopic (exact) mass is 506 g/mol. The van der Waals surface area contributed by atoms with E-state index in [-0.39, 0.29) is 35.5 Å². The van der Waals surface area contributed by atoms with Gasteiger partial charge in [-0.3, -0.25) is 9.78 Å². The fourth-order valence-electron chi connectivity index (χ4n) is 3.84. The molecule has 0 saturated carbocycles. The molecule has 0 fully saturated rings. The van der Waals surface area contributed by atoms with E-state index in [9.17, 15) is 18.7 Å². The van der Waals surface area contributed by atoms with Crippen LogP contribution in [0.5, 0.6) is 11.6 Å². The first-order chi connectivity index (χ1) is 17.4. The van der Waals surface area contributed by atoms with Gasteiger partial charge in [-0.05, 0) is 43.3 Å². The van der Waals surface area contributed by atoms with Crippen molar-refractivity contribution < 1.29 is 23.4 Å². The number of rotatable bonds is 6. The van der Waals surface area contributed by atoms with Crippen molar-refractivity contribution in [2.75, 3.05) is 11.1 Å². The predicted molar refractivity (Wildman–Crippen MR) is 131 cm³/mol. The number of carbonyl (C=O) groups is 1. The Morgan fingerprint density at radius 1 is 1.11 bits per heavy atom. The van der Waals surface area contributed by atoms with Crippen LogP contribution in [0.4, 0.5) is 14.5 Å². The number of thioether (sulfide) groups is 1. The first kappa shape index (κ1) is 23.8. The topological polar surface area (TPSA) is 97.2 Å². The molecule has 2 N–H and O–H groups in total. The molecule has 5 rings (SSSR count). The van der Waals surface area contributed by atoms with Gasteiger partial charge in [-0.25, -0.2) is 13.8 Å². The van der Waals surface area contributed by atoms with Crippen molar-refractivity contribution in [1.29, 1.82) is 0 Å². The lowest BCUT2D eigenvalue weighted by atomic mass is 9.99. The van der Waals surface area contributed by atoms with Gasteiger partial charge < -0.3 is 15.2 Å². The predicted octanol–water partition coefficient (Wildman–Crippen LogP) is 5.04. The summed E-state index contributed by atoms with van der Waals surface area (Å²) in [6.45, 7) is 1.57. The zero-order valence-corrected chi connectivity index (χ0v) is 19.9. The maximum absolute atomic E-state index is 14.6. The summed E-state index contributed by atoms with van der Waals surface area (Å²) in [5, 5.41) is 13.0. The minimum atomic E-state index is -0.487. The Morgan fingerprint density at radius 3 is 2.64 bits per heavy atom. The van der Waals surface area contributed by atoms with E-state index in [1.807, 2.05) is 0 Å². The van der Waals surface area contributed by atoms with Crippen molar-refractivity contribution >= 4 is 23.4 Å². The van der Waals surface area contributed by atoms with E-state index in [0.29, 0.717) is 39.7 Å². The number of aryl methyl sites for hydroxylation is 1. The largest absolute Gasteiger partial charge is 0.436 e. The number of anilines is 1. The Bertz CT molecular complexity index is 1460. The number of aliphatic hydroxyl groups excluding tert-OH is 1. The molecule has 7 nitrogen and oxygen atoms in total. The van der Waals surface area contributed by atoms with Crippen LogP contribution in [0.1, 0.15) is 22.4 Å². The molecule has 1 aliphatic heterocycles. The van der Waals surface area contributed by atoms with Crippen molar-refractivity contribution in [2.24, 2.45) is 0 Å². The number of ether oxygens (including phenoxy) is 1. The normalized spacial score (nSPS) is 11.9. The van der Waals surface area contributed by atoms with E-state index >= 15 is 0 Å². The SMILES string of the molecule is Cc1ncc(CO)c2c1Oc1nc(-c3ccccc3F)nc(SCC(=O)Nc3ccc(F)cc3)c1C2. The molecule has 3 heterocycles. The van der Waals surface area contributed by atoms with Gasteiger partial charge >= 0.3 is 0 Å². The molecule has 4 aromatic rings. The molecule has 1 amide bonds. The van der Waals surface area contributed by atoms with E-state index in [1.54, 1.807) is 31.3 Å². The molecule has 0 aliphatic carbocycles. The van der Waals surface area contributed by atoms with Gasteiger partial charge in [0.1, 0.15) is 16.7 Å². The zero-order valence-electron chi connectivity index (χ0n) is 19.1.